The van der Waals surface area contributed by atoms with E-state index < -0.39 is 5.97 Å². The summed E-state index contributed by atoms with van der Waals surface area (Å²) >= 11 is 0. The standard InChI is InChI=1S/C27H28FNO5/c1-32-27(31)19-14-22(21-7-3-5-18(21)12-17-4-2-6-20(28)13-17)26-23(15-19)24(30)16-25(34-26)29-8-10-33-11-9-29/h2,4,6,13-16,18,21H,3,5,7-12H2,1H3/t18?,21-/m0/s1. The Labute approximate surface area is 197 Å². The third-order valence-corrected chi connectivity index (χ3v) is 7.03. The molecule has 2 atom stereocenters. The van der Waals surface area contributed by atoms with Crippen molar-refractivity contribution in [2.24, 2.45) is 5.92 Å². The zero-order chi connectivity index (χ0) is 23.7. The third-order valence-electron chi connectivity index (χ3n) is 7.03. The maximum Gasteiger partial charge on any atom is 0.337 e. The molecule has 0 bridgehead atoms. The number of methoxy groups -OCH3 is 1. The van der Waals surface area contributed by atoms with Gasteiger partial charge in [-0.05, 0) is 66.5 Å². The molecule has 1 aromatic heterocycles. The van der Waals surface area contributed by atoms with Gasteiger partial charge < -0.3 is 18.8 Å². The Morgan fingerprint density at radius 2 is 1.97 bits per heavy atom. The second kappa shape index (κ2) is 9.58. The lowest BCUT2D eigenvalue weighted by Crippen LogP contribution is -2.36. The van der Waals surface area contributed by atoms with Crippen LogP contribution in [-0.4, -0.2) is 39.4 Å². The molecule has 2 heterocycles. The Morgan fingerprint density at radius 1 is 1.15 bits per heavy atom. The van der Waals surface area contributed by atoms with Gasteiger partial charge in [-0.25, -0.2) is 9.18 Å². The molecule has 1 unspecified atom stereocenters. The van der Waals surface area contributed by atoms with Gasteiger partial charge in [0.05, 0.1) is 31.3 Å². The zero-order valence-electron chi connectivity index (χ0n) is 19.2. The second-order valence-corrected chi connectivity index (χ2v) is 9.11. The summed E-state index contributed by atoms with van der Waals surface area (Å²) in [6.07, 6.45) is 3.63. The summed E-state index contributed by atoms with van der Waals surface area (Å²) in [5.74, 6) is 0.118. The highest BCUT2D eigenvalue weighted by atomic mass is 19.1. The van der Waals surface area contributed by atoms with E-state index >= 15 is 0 Å². The Morgan fingerprint density at radius 3 is 2.74 bits per heavy atom. The number of esters is 1. The van der Waals surface area contributed by atoms with Crippen LogP contribution in [-0.2, 0) is 15.9 Å². The number of carbonyl (C=O) groups is 1. The topological polar surface area (TPSA) is 69.0 Å². The Hall–Kier alpha value is -3.19. The number of nitrogens with zero attached hydrogens (tertiary/aromatic N) is 1. The van der Waals surface area contributed by atoms with E-state index in [0.717, 1.165) is 36.8 Å². The largest absolute Gasteiger partial charge is 0.465 e. The molecule has 0 spiro atoms. The van der Waals surface area contributed by atoms with Crippen molar-refractivity contribution in [2.45, 2.75) is 31.6 Å². The molecule has 178 valence electrons. The molecule has 2 fully saturated rings. The van der Waals surface area contributed by atoms with Crippen LogP contribution in [0.3, 0.4) is 0 Å². The first-order chi connectivity index (χ1) is 16.5. The summed E-state index contributed by atoms with van der Waals surface area (Å²) in [6, 6.07) is 11.6. The highest BCUT2D eigenvalue weighted by molar-refractivity contribution is 5.95. The van der Waals surface area contributed by atoms with Gasteiger partial charge in [0.2, 0.25) is 0 Å². The fraction of sp³-hybridized carbons (Fsp3) is 0.407. The Bertz CT molecular complexity index is 1260. The van der Waals surface area contributed by atoms with Crippen LogP contribution >= 0.6 is 0 Å². The van der Waals surface area contributed by atoms with Crippen LogP contribution < -0.4 is 10.3 Å². The van der Waals surface area contributed by atoms with Crippen molar-refractivity contribution in [3.05, 3.63) is 75.2 Å². The molecule has 1 saturated heterocycles. The molecule has 2 aromatic carbocycles. The van der Waals surface area contributed by atoms with E-state index in [1.54, 1.807) is 18.2 Å². The molecule has 2 aliphatic rings. The molecule has 6 nitrogen and oxygen atoms in total. The van der Waals surface area contributed by atoms with Crippen LogP contribution in [0.1, 0.15) is 46.7 Å². The molecule has 0 N–H and O–H groups in total. The SMILES string of the molecule is COC(=O)c1cc([C@H]2CCCC2Cc2cccc(F)c2)c2oc(N3CCOCC3)cc(=O)c2c1. The molecule has 7 heteroatoms. The summed E-state index contributed by atoms with van der Waals surface area (Å²) in [5, 5.41) is 0.381. The van der Waals surface area contributed by atoms with Crippen molar-refractivity contribution in [1.29, 1.82) is 0 Å². The normalized spacial score (nSPS) is 20.6. The molecule has 3 aromatic rings. The zero-order valence-corrected chi connectivity index (χ0v) is 19.2. The van der Waals surface area contributed by atoms with Gasteiger partial charge in [-0.15, -0.1) is 0 Å². The number of hydrogen-bond donors (Lipinski definition) is 0. The molecule has 34 heavy (non-hydrogen) atoms. The average Bonchev–Trinajstić information content (AvgIpc) is 3.31. The van der Waals surface area contributed by atoms with E-state index in [1.807, 2.05) is 17.0 Å². The molecular weight excluding hydrogens is 437 g/mol. The molecule has 5 rings (SSSR count). The molecule has 0 amide bonds. The Kier molecular flexibility index (Phi) is 6.37. The van der Waals surface area contributed by atoms with Crippen LogP contribution in [0.2, 0.25) is 0 Å². The van der Waals surface area contributed by atoms with E-state index in [0.29, 0.717) is 48.7 Å². The van der Waals surface area contributed by atoms with Gasteiger partial charge in [0.15, 0.2) is 11.3 Å². The van der Waals surface area contributed by atoms with E-state index in [1.165, 1.54) is 19.2 Å². The van der Waals surface area contributed by atoms with Gasteiger partial charge in [0, 0.05) is 19.2 Å². The van der Waals surface area contributed by atoms with E-state index in [9.17, 15) is 14.0 Å². The van der Waals surface area contributed by atoms with Crippen LogP contribution in [0.5, 0.6) is 0 Å². The molecule has 0 radical (unpaired) electrons. The predicted molar refractivity (Wildman–Crippen MR) is 127 cm³/mol. The number of anilines is 1. The number of benzene rings is 2. The summed E-state index contributed by atoms with van der Waals surface area (Å²) in [6.45, 7) is 2.45. The number of halogens is 1. The van der Waals surface area contributed by atoms with Gasteiger partial charge >= 0.3 is 5.97 Å². The minimum atomic E-state index is -0.487. The van der Waals surface area contributed by atoms with Gasteiger partial charge in [0.25, 0.3) is 0 Å². The Balaban J connectivity index is 1.61. The first kappa shape index (κ1) is 22.6. The van der Waals surface area contributed by atoms with E-state index in [4.69, 9.17) is 13.9 Å². The highest BCUT2D eigenvalue weighted by Crippen LogP contribution is 2.44. The minimum Gasteiger partial charge on any atom is -0.465 e. The van der Waals surface area contributed by atoms with Crippen molar-refractivity contribution in [1.82, 2.24) is 0 Å². The highest BCUT2D eigenvalue weighted by Gasteiger charge is 2.32. The van der Waals surface area contributed by atoms with Crippen molar-refractivity contribution < 1.29 is 23.1 Å². The lowest BCUT2D eigenvalue weighted by molar-refractivity contribution is 0.0600. The second-order valence-electron chi connectivity index (χ2n) is 9.11. The number of morpholine rings is 1. The fourth-order valence-corrected chi connectivity index (χ4v) is 5.38. The van der Waals surface area contributed by atoms with Crippen LogP contribution in [0.25, 0.3) is 11.0 Å². The van der Waals surface area contributed by atoms with Crippen molar-refractivity contribution >= 4 is 22.8 Å². The predicted octanol–water partition coefficient (Wildman–Crippen LogP) is 4.68. The minimum absolute atomic E-state index is 0.0819. The third kappa shape index (κ3) is 4.44. The maximum absolute atomic E-state index is 13.8. The maximum atomic E-state index is 13.8. The number of rotatable bonds is 5. The molecule has 1 aliphatic heterocycles. The molecule has 1 saturated carbocycles. The monoisotopic (exact) mass is 465 g/mol. The summed E-state index contributed by atoms with van der Waals surface area (Å²) in [4.78, 5) is 27.6. The summed E-state index contributed by atoms with van der Waals surface area (Å²) in [7, 11) is 1.33. The number of hydrogen-bond acceptors (Lipinski definition) is 6. The smallest absolute Gasteiger partial charge is 0.337 e. The molecular formula is C27H28FNO5. The lowest BCUT2D eigenvalue weighted by Gasteiger charge is -2.28. The van der Waals surface area contributed by atoms with Crippen molar-refractivity contribution in [3.63, 3.8) is 0 Å². The number of ether oxygens (including phenoxy) is 2. The summed E-state index contributed by atoms with van der Waals surface area (Å²) < 4.78 is 30.6. The van der Waals surface area contributed by atoms with E-state index in [2.05, 4.69) is 0 Å². The van der Waals surface area contributed by atoms with Gasteiger partial charge in [0.1, 0.15) is 11.4 Å². The number of carbonyl (C=O) groups excluding carboxylic acids is 1. The van der Waals surface area contributed by atoms with E-state index in [-0.39, 0.29) is 23.1 Å². The average molecular weight is 466 g/mol. The molecule has 1 aliphatic carbocycles. The van der Waals surface area contributed by atoms with Crippen LogP contribution in [0, 0.1) is 11.7 Å². The first-order valence-corrected chi connectivity index (χ1v) is 11.8. The van der Waals surface area contributed by atoms with Gasteiger partial charge in [-0.3, -0.25) is 4.79 Å². The van der Waals surface area contributed by atoms with Gasteiger partial charge in [-0.2, -0.15) is 0 Å². The van der Waals surface area contributed by atoms with Crippen LogP contribution in [0.4, 0.5) is 10.3 Å². The first-order valence-electron chi connectivity index (χ1n) is 11.8. The lowest BCUT2D eigenvalue weighted by atomic mass is 9.83. The van der Waals surface area contributed by atoms with Crippen molar-refractivity contribution in [3.8, 4) is 0 Å². The van der Waals surface area contributed by atoms with Gasteiger partial charge in [-0.1, -0.05) is 18.6 Å². The number of fused-ring (bicyclic) bond motifs is 1. The van der Waals surface area contributed by atoms with Crippen LogP contribution in [0.15, 0.2) is 51.7 Å². The fourth-order valence-electron chi connectivity index (χ4n) is 5.38. The van der Waals surface area contributed by atoms with Crippen molar-refractivity contribution in [2.75, 3.05) is 38.3 Å². The quantitative estimate of drug-likeness (QED) is 0.510. The summed E-state index contributed by atoms with van der Waals surface area (Å²) in [5.41, 5.74) is 2.48.